The van der Waals surface area contributed by atoms with Crippen molar-refractivity contribution in [2.24, 2.45) is 0 Å². The van der Waals surface area contributed by atoms with Crippen molar-refractivity contribution in [3.8, 4) is 0 Å². The number of hydrogen-bond donors (Lipinski definition) is 3. The minimum Gasteiger partial charge on any atom is -0.394 e. The number of nitrogens with one attached hydrogen (secondary N) is 2. The van der Waals surface area contributed by atoms with Crippen molar-refractivity contribution in [2.45, 2.75) is 51.1 Å². The van der Waals surface area contributed by atoms with Crippen LogP contribution in [-0.4, -0.2) is 37.6 Å². The van der Waals surface area contributed by atoms with Gasteiger partial charge in [-0.3, -0.25) is 4.79 Å². The van der Waals surface area contributed by atoms with E-state index >= 15 is 0 Å². The summed E-state index contributed by atoms with van der Waals surface area (Å²) in [6.45, 7) is 8.44. The zero-order valence-corrected chi connectivity index (χ0v) is 14.4. The van der Waals surface area contributed by atoms with Crippen LogP contribution in [0.15, 0.2) is 23.1 Å². The molecule has 0 aromatic heterocycles. The topological polar surface area (TPSA) is 95.5 Å². The Morgan fingerprint density at radius 2 is 1.91 bits per heavy atom. The highest BCUT2D eigenvalue weighted by molar-refractivity contribution is 7.89. The van der Waals surface area contributed by atoms with E-state index in [4.69, 9.17) is 5.11 Å². The first-order chi connectivity index (χ1) is 9.96. The first-order valence-electron chi connectivity index (χ1n) is 7.02. The maximum Gasteiger partial charge on any atom is 0.251 e. The van der Waals surface area contributed by atoms with Crippen LogP contribution in [-0.2, 0) is 10.0 Å². The molecule has 0 fully saturated rings. The molecule has 0 radical (unpaired) electrons. The Bertz CT molecular complexity index is 648. The highest BCUT2D eigenvalue weighted by Gasteiger charge is 2.23. The number of carbonyl (C=O) groups is 1. The van der Waals surface area contributed by atoms with Gasteiger partial charge < -0.3 is 10.4 Å². The summed E-state index contributed by atoms with van der Waals surface area (Å²) < 4.78 is 27.2. The van der Waals surface area contributed by atoms with E-state index in [1.807, 2.05) is 0 Å². The summed E-state index contributed by atoms with van der Waals surface area (Å²) in [7, 11) is -3.70. The van der Waals surface area contributed by atoms with Crippen LogP contribution in [0, 0.1) is 6.92 Å². The largest absolute Gasteiger partial charge is 0.394 e. The molecule has 124 valence electrons. The van der Waals surface area contributed by atoms with Crippen molar-refractivity contribution in [3.05, 3.63) is 29.3 Å². The number of benzene rings is 1. The number of aliphatic hydroxyl groups is 1. The minimum absolute atomic E-state index is 0.0369. The van der Waals surface area contributed by atoms with Gasteiger partial charge in [0.15, 0.2) is 0 Å². The molecule has 1 rings (SSSR count). The quantitative estimate of drug-likeness (QED) is 0.756. The summed E-state index contributed by atoms with van der Waals surface area (Å²) in [5, 5.41) is 11.6. The van der Waals surface area contributed by atoms with Crippen molar-refractivity contribution >= 4 is 15.9 Å². The maximum atomic E-state index is 12.3. The lowest BCUT2D eigenvalue weighted by Gasteiger charge is -2.21. The highest BCUT2D eigenvalue weighted by Crippen LogP contribution is 2.17. The molecule has 0 heterocycles. The Labute approximate surface area is 132 Å². The summed E-state index contributed by atoms with van der Waals surface area (Å²) >= 11 is 0. The van der Waals surface area contributed by atoms with Crippen LogP contribution >= 0.6 is 0 Å². The van der Waals surface area contributed by atoms with E-state index in [1.165, 1.54) is 12.1 Å². The van der Waals surface area contributed by atoms with Gasteiger partial charge >= 0.3 is 0 Å². The number of carbonyl (C=O) groups excluding carboxylic acids is 1. The van der Waals surface area contributed by atoms with E-state index in [0.29, 0.717) is 5.56 Å². The summed E-state index contributed by atoms with van der Waals surface area (Å²) in [4.78, 5) is 12.2. The number of hydrogen-bond acceptors (Lipinski definition) is 4. The molecule has 1 unspecified atom stereocenters. The molecule has 22 heavy (non-hydrogen) atoms. The Balaban J connectivity index is 3.17. The van der Waals surface area contributed by atoms with Crippen molar-refractivity contribution in [1.82, 2.24) is 10.0 Å². The molecule has 0 saturated heterocycles. The second kappa shape index (κ2) is 6.76. The third-order valence-electron chi connectivity index (χ3n) is 2.86. The van der Waals surface area contributed by atoms with Gasteiger partial charge in [0.05, 0.1) is 11.5 Å². The van der Waals surface area contributed by atoms with Gasteiger partial charge in [-0.15, -0.1) is 0 Å². The molecule has 0 saturated carbocycles. The van der Waals surface area contributed by atoms with Crippen LogP contribution in [0.1, 0.15) is 43.6 Å². The van der Waals surface area contributed by atoms with E-state index < -0.39 is 27.5 Å². The van der Waals surface area contributed by atoms with Gasteiger partial charge in [0.25, 0.3) is 5.91 Å². The van der Waals surface area contributed by atoms with E-state index in [-0.39, 0.29) is 17.1 Å². The van der Waals surface area contributed by atoms with E-state index in [1.54, 1.807) is 40.7 Å². The van der Waals surface area contributed by atoms with E-state index in [9.17, 15) is 13.2 Å². The first kappa shape index (κ1) is 18.6. The van der Waals surface area contributed by atoms with Crippen LogP contribution in [0.3, 0.4) is 0 Å². The van der Waals surface area contributed by atoms with Crippen LogP contribution < -0.4 is 10.0 Å². The lowest BCUT2D eigenvalue weighted by Crippen LogP contribution is -2.40. The third kappa shape index (κ3) is 5.08. The number of aryl methyl sites for hydroxylation is 1. The second-order valence-electron chi connectivity index (χ2n) is 6.39. The van der Waals surface area contributed by atoms with Crippen LogP contribution in [0.5, 0.6) is 0 Å². The lowest BCUT2D eigenvalue weighted by molar-refractivity contribution is 0.0921. The summed E-state index contributed by atoms with van der Waals surface area (Å²) in [5.41, 5.74) is 0.326. The van der Waals surface area contributed by atoms with Gasteiger partial charge in [-0.25, -0.2) is 13.1 Å². The summed E-state index contributed by atoms with van der Waals surface area (Å²) in [5.74, 6) is -0.410. The second-order valence-corrected chi connectivity index (χ2v) is 8.07. The molecule has 0 bridgehead atoms. The number of sulfonamides is 1. The molecule has 0 aliphatic heterocycles. The molecule has 1 amide bonds. The normalized spacial score (nSPS) is 13.7. The fourth-order valence-electron chi connectivity index (χ4n) is 1.82. The molecule has 7 heteroatoms. The molecule has 1 atom stereocenters. The average molecular weight is 328 g/mol. The molecular formula is C15H24N2O4S. The zero-order valence-electron chi connectivity index (χ0n) is 13.6. The smallest absolute Gasteiger partial charge is 0.251 e. The Kier molecular flexibility index (Phi) is 5.72. The van der Waals surface area contributed by atoms with Crippen LogP contribution in [0.2, 0.25) is 0 Å². The lowest BCUT2D eigenvalue weighted by atomic mass is 10.1. The molecule has 1 aromatic carbocycles. The molecular weight excluding hydrogens is 304 g/mol. The van der Waals surface area contributed by atoms with Gasteiger partial charge in [-0.2, -0.15) is 0 Å². The number of rotatable bonds is 5. The molecule has 0 aliphatic rings. The van der Waals surface area contributed by atoms with Gasteiger partial charge in [0.1, 0.15) is 0 Å². The summed E-state index contributed by atoms with van der Waals surface area (Å²) in [6.07, 6.45) is 0. The van der Waals surface area contributed by atoms with Crippen LogP contribution in [0.4, 0.5) is 0 Å². The predicted octanol–water partition coefficient (Wildman–Crippen LogP) is 1.18. The van der Waals surface area contributed by atoms with Gasteiger partial charge in [0, 0.05) is 17.1 Å². The van der Waals surface area contributed by atoms with Crippen molar-refractivity contribution in [2.75, 3.05) is 6.61 Å². The fourth-order valence-corrected chi connectivity index (χ4v) is 3.27. The minimum atomic E-state index is -3.70. The van der Waals surface area contributed by atoms with Gasteiger partial charge in [-0.05, 0) is 52.3 Å². The number of amides is 1. The standard InChI is InChI=1S/C15H24N2O4S/c1-10-6-7-12(22(20,21)17-15(3,4)5)8-13(10)14(19)16-11(2)9-18/h6-8,11,17-18H,9H2,1-5H3,(H,16,19). The van der Waals surface area contributed by atoms with E-state index in [2.05, 4.69) is 10.0 Å². The maximum absolute atomic E-state index is 12.3. The molecule has 0 aliphatic carbocycles. The summed E-state index contributed by atoms with van der Waals surface area (Å²) in [6, 6.07) is 4.01. The molecule has 6 nitrogen and oxygen atoms in total. The zero-order chi connectivity index (χ0) is 17.1. The molecule has 3 N–H and O–H groups in total. The third-order valence-corrected chi connectivity index (χ3v) is 4.61. The van der Waals surface area contributed by atoms with Crippen molar-refractivity contribution in [3.63, 3.8) is 0 Å². The molecule has 0 spiro atoms. The highest BCUT2D eigenvalue weighted by atomic mass is 32.2. The van der Waals surface area contributed by atoms with Gasteiger partial charge in [-0.1, -0.05) is 6.07 Å². The van der Waals surface area contributed by atoms with Crippen molar-refractivity contribution < 1.29 is 18.3 Å². The van der Waals surface area contributed by atoms with E-state index in [0.717, 1.165) is 0 Å². The first-order valence-corrected chi connectivity index (χ1v) is 8.51. The SMILES string of the molecule is Cc1ccc(S(=O)(=O)NC(C)(C)C)cc1C(=O)NC(C)CO. The predicted molar refractivity (Wildman–Crippen MR) is 85.3 cm³/mol. The fraction of sp³-hybridized carbons (Fsp3) is 0.533. The Morgan fingerprint density at radius 3 is 2.41 bits per heavy atom. The average Bonchev–Trinajstić information content (AvgIpc) is 2.35. The Morgan fingerprint density at radius 1 is 1.32 bits per heavy atom. The molecule has 1 aromatic rings. The van der Waals surface area contributed by atoms with Crippen molar-refractivity contribution in [1.29, 1.82) is 0 Å². The Hall–Kier alpha value is -1.44. The van der Waals surface area contributed by atoms with Gasteiger partial charge in [0.2, 0.25) is 10.0 Å². The number of aliphatic hydroxyl groups excluding tert-OH is 1. The monoisotopic (exact) mass is 328 g/mol. The van der Waals surface area contributed by atoms with Crippen LogP contribution in [0.25, 0.3) is 0 Å².